The number of rotatable bonds is 6. The second-order valence-electron chi connectivity index (χ2n) is 3.17. The van der Waals surface area contributed by atoms with Crippen LogP contribution in [0.2, 0.25) is 0 Å². The standard InChI is InChI=1S/C10H12F2N4O/c11-9(12)6-17-2-1-15-10-8(14)3-7(4-13)5-16-10/h3,5,9H,1-2,6,14H2,(H,15,16). The number of anilines is 2. The van der Waals surface area contributed by atoms with Gasteiger partial charge in [-0.3, -0.25) is 0 Å². The van der Waals surface area contributed by atoms with Gasteiger partial charge in [0.25, 0.3) is 6.43 Å². The molecule has 0 amide bonds. The fourth-order valence-corrected chi connectivity index (χ4v) is 1.10. The number of aromatic nitrogens is 1. The summed E-state index contributed by atoms with van der Waals surface area (Å²) in [7, 11) is 0. The molecule has 92 valence electrons. The molecule has 0 saturated heterocycles. The highest BCUT2D eigenvalue weighted by molar-refractivity contribution is 5.62. The van der Waals surface area contributed by atoms with Crippen molar-refractivity contribution in [2.45, 2.75) is 6.43 Å². The molecule has 5 nitrogen and oxygen atoms in total. The van der Waals surface area contributed by atoms with Gasteiger partial charge in [-0.05, 0) is 6.07 Å². The Morgan fingerprint density at radius 2 is 2.35 bits per heavy atom. The van der Waals surface area contributed by atoms with E-state index in [1.54, 1.807) is 0 Å². The summed E-state index contributed by atoms with van der Waals surface area (Å²) in [5.41, 5.74) is 6.32. The van der Waals surface area contributed by atoms with Crippen LogP contribution in [0.3, 0.4) is 0 Å². The number of nitrogen functional groups attached to an aromatic ring is 1. The van der Waals surface area contributed by atoms with E-state index in [0.717, 1.165) is 0 Å². The van der Waals surface area contributed by atoms with Gasteiger partial charge < -0.3 is 15.8 Å². The normalized spacial score (nSPS) is 10.2. The molecule has 0 fully saturated rings. The van der Waals surface area contributed by atoms with Crippen LogP contribution < -0.4 is 11.1 Å². The highest BCUT2D eigenvalue weighted by atomic mass is 19.3. The summed E-state index contributed by atoms with van der Waals surface area (Å²) in [4.78, 5) is 3.92. The van der Waals surface area contributed by atoms with Crippen molar-refractivity contribution in [1.29, 1.82) is 5.26 Å². The van der Waals surface area contributed by atoms with Crippen LogP contribution in [-0.2, 0) is 4.74 Å². The van der Waals surface area contributed by atoms with Crippen LogP contribution >= 0.6 is 0 Å². The number of nitrogens with two attached hydrogens (primary N) is 1. The number of nitriles is 1. The zero-order valence-electron chi connectivity index (χ0n) is 8.99. The number of alkyl halides is 2. The van der Waals surface area contributed by atoms with E-state index in [1.165, 1.54) is 12.3 Å². The van der Waals surface area contributed by atoms with Gasteiger partial charge in [0.15, 0.2) is 0 Å². The van der Waals surface area contributed by atoms with Crippen LogP contribution in [0.15, 0.2) is 12.3 Å². The Kier molecular flexibility index (Phi) is 5.10. The maximum absolute atomic E-state index is 11.7. The third-order valence-corrected chi connectivity index (χ3v) is 1.83. The first-order chi connectivity index (χ1) is 8.13. The van der Waals surface area contributed by atoms with Crippen molar-refractivity contribution < 1.29 is 13.5 Å². The summed E-state index contributed by atoms with van der Waals surface area (Å²) in [6.07, 6.45) is -1.09. The number of halogens is 2. The van der Waals surface area contributed by atoms with Gasteiger partial charge in [-0.1, -0.05) is 0 Å². The molecule has 0 aromatic carbocycles. The molecule has 0 bridgehead atoms. The summed E-state index contributed by atoms with van der Waals surface area (Å²) >= 11 is 0. The fourth-order valence-electron chi connectivity index (χ4n) is 1.10. The Labute approximate surface area is 97.2 Å². The predicted octanol–water partition coefficient (Wildman–Crippen LogP) is 1.23. The largest absolute Gasteiger partial charge is 0.396 e. The number of hydrogen-bond donors (Lipinski definition) is 2. The van der Waals surface area contributed by atoms with E-state index in [-0.39, 0.29) is 6.61 Å². The quantitative estimate of drug-likeness (QED) is 0.733. The lowest BCUT2D eigenvalue weighted by molar-refractivity contribution is 0.0215. The number of hydrogen-bond acceptors (Lipinski definition) is 5. The molecule has 0 aliphatic rings. The molecule has 0 saturated carbocycles. The van der Waals surface area contributed by atoms with E-state index >= 15 is 0 Å². The lowest BCUT2D eigenvalue weighted by atomic mass is 10.3. The summed E-state index contributed by atoms with van der Waals surface area (Å²) in [5, 5.41) is 11.4. The van der Waals surface area contributed by atoms with Gasteiger partial charge in [0, 0.05) is 12.7 Å². The number of pyridine rings is 1. The molecular formula is C10H12F2N4O. The van der Waals surface area contributed by atoms with Crippen LogP contribution in [0.5, 0.6) is 0 Å². The molecule has 0 spiro atoms. The molecule has 1 rings (SSSR count). The molecule has 0 unspecified atom stereocenters. The lowest BCUT2D eigenvalue weighted by Crippen LogP contribution is -2.14. The Bertz CT molecular complexity index is 406. The molecule has 0 atom stereocenters. The Hall–Kier alpha value is -1.94. The minimum absolute atomic E-state index is 0.130. The van der Waals surface area contributed by atoms with Crippen molar-refractivity contribution in [3.05, 3.63) is 17.8 Å². The van der Waals surface area contributed by atoms with Crippen molar-refractivity contribution in [1.82, 2.24) is 4.98 Å². The Morgan fingerprint density at radius 1 is 1.59 bits per heavy atom. The number of nitrogens with zero attached hydrogens (tertiary/aromatic N) is 2. The maximum atomic E-state index is 11.7. The van der Waals surface area contributed by atoms with E-state index in [9.17, 15) is 8.78 Å². The number of ether oxygens (including phenoxy) is 1. The second kappa shape index (κ2) is 6.60. The monoisotopic (exact) mass is 242 g/mol. The van der Waals surface area contributed by atoms with Crippen LogP contribution in [0, 0.1) is 11.3 Å². The van der Waals surface area contributed by atoms with Gasteiger partial charge in [0.05, 0.1) is 17.9 Å². The third kappa shape index (κ3) is 4.61. The van der Waals surface area contributed by atoms with Crippen LogP contribution in [-0.4, -0.2) is 31.2 Å². The van der Waals surface area contributed by atoms with Crippen molar-refractivity contribution in [3.8, 4) is 6.07 Å². The van der Waals surface area contributed by atoms with Crippen molar-refractivity contribution in [2.24, 2.45) is 0 Å². The van der Waals surface area contributed by atoms with Crippen LogP contribution in [0.1, 0.15) is 5.56 Å². The average Bonchev–Trinajstić information content (AvgIpc) is 2.30. The maximum Gasteiger partial charge on any atom is 0.261 e. The van der Waals surface area contributed by atoms with Crippen molar-refractivity contribution in [3.63, 3.8) is 0 Å². The van der Waals surface area contributed by atoms with Gasteiger partial charge in [-0.15, -0.1) is 0 Å². The van der Waals surface area contributed by atoms with E-state index in [2.05, 4.69) is 15.0 Å². The molecule has 0 aliphatic carbocycles. The van der Waals surface area contributed by atoms with E-state index < -0.39 is 13.0 Å². The molecule has 3 N–H and O–H groups in total. The van der Waals surface area contributed by atoms with E-state index in [4.69, 9.17) is 11.0 Å². The average molecular weight is 242 g/mol. The van der Waals surface area contributed by atoms with Crippen molar-refractivity contribution in [2.75, 3.05) is 30.8 Å². The molecule has 7 heteroatoms. The topological polar surface area (TPSA) is 84.0 Å². The molecule has 0 radical (unpaired) electrons. The summed E-state index contributed by atoms with van der Waals surface area (Å²) < 4.78 is 28.1. The summed E-state index contributed by atoms with van der Waals surface area (Å²) in [6, 6.07) is 3.39. The predicted molar refractivity (Wildman–Crippen MR) is 58.7 cm³/mol. The second-order valence-corrected chi connectivity index (χ2v) is 3.17. The first kappa shape index (κ1) is 13.1. The molecule has 0 aliphatic heterocycles. The zero-order valence-corrected chi connectivity index (χ0v) is 8.99. The van der Waals surface area contributed by atoms with Gasteiger partial charge in [0.1, 0.15) is 18.5 Å². The highest BCUT2D eigenvalue weighted by Gasteiger charge is 2.03. The summed E-state index contributed by atoms with van der Waals surface area (Å²) in [5.74, 6) is 0.407. The summed E-state index contributed by atoms with van der Waals surface area (Å²) in [6.45, 7) is -0.140. The first-order valence-corrected chi connectivity index (χ1v) is 4.89. The van der Waals surface area contributed by atoms with Gasteiger partial charge in [-0.2, -0.15) is 5.26 Å². The highest BCUT2D eigenvalue weighted by Crippen LogP contribution is 2.15. The molecule has 1 aromatic heterocycles. The Balaban J connectivity index is 2.35. The lowest BCUT2D eigenvalue weighted by Gasteiger charge is -2.08. The number of nitrogens with one attached hydrogen (secondary N) is 1. The van der Waals surface area contributed by atoms with E-state index in [1.807, 2.05) is 6.07 Å². The van der Waals surface area contributed by atoms with Gasteiger partial charge >= 0.3 is 0 Å². The molecule has 1 heterocycles. The fraction of sp³-hybridized carbons (Fsp3) is 0.400. The van der Waals surface area contributed by atoms with Crippen molar-refractivity contribution >= 4 is 11.5 Å². The third-order valence-electron chi connectivity index (χ3n) is 1.83. The Morgan fingerprint density at radius 3 is 2.94 bits per heavy atom. The molecule has 17 heavy (non-hydrogen) atoms. The van der Waals surface area contributed by atoms with Crippen LogP contribution in [0.4, 0.5) is 20.3 Å². The molecule has 1 aromatic rings. The minimum atomic E-state index is -2.46. The van der Waals surface area contributed by atoms with Gasteiger partial charge in [-0.25, -0.2) is 13.8 Å². The zero-order chi connectivity index (χ0) is 12.7. The first-order valence-electron chi connectivity index (χ1n) is 4.89. The van der Waals surface area contributed by atoms with E-state index in [0.29, 0.717) is 23.6 Å². The van der Waals surface area contributed by atoms with Crippen LogP contribution in [0.25, 0.3) is 0 Å². The van der Waals surface area contributed by atoms with Gasteiger partial charge in [0.2, 0.25) is 0 Å². The minimum Gasteiger partial charge on any atom is -0.396 e. The molecular weight excluding hydrogens is 230 g/mol. The SMILES string of the molecule is N#Cc1cnc(NCCOCC(F)F)c(N)c1. The smallest absolute Gasteiger partial charge is 0.261 e.